The van der Waals surface area contributed by atoms with E-state index in [1.807, 2.05) is 0 Å². The molecule has 1 saturated heterocycles. The van der Waals surface area contributed by atoms with E-state index >= 15 is 0 Å². The van der Waals surface area contributed by atoms with Crippen LogP contribution < -0.4 is 5.32 Å². The lowest BCUT2D eigenvalue weighted by Gasteiger charge is -2.07. The third kappa shape index (κ3) is 3.74. The number of thiazole rings is 1. The van der Waals surface area contributed by atoms with E-state index in [2.05, 4.69) is 15.0 Å². The molecule has 10 heteroatoms. The van der Waals surface area contributed by atoms with Crippen LogP contribution in [-0.4, -0.2) is 36.2 Å². The predicted molar refractivity (Wildman–Crippen MR) is 70.7 cm³/mol. The summed E-state index contributed by atoms with van der Waals surface area (Å²) in [5.41, 5.74) is -1.36. The Labute approximate surface area is 127 Å². The zero-order valence-corrected chi connectivity index (χ0v) is 12.3. The van der Waals surface area contributed by atoms with Gasteiger partial charge in [0.05, 0.1) is 6.61 Å². The second-order valence-corrected chi connectivity index (χ2v) is 5.40. The molecule has 1 unspecified atom stereocenters. The Morgan fingerprint density at radius 2 is 2.23 bits per heavy atom. The first kappa shape index (κ1) is 16.7. The summed E-state index contributed by atoms with van der Waals surface area (Å²) < 4.78 is 48.4. The molecule has 0 bridgehead atoms. The Bertz CT molecular complexity index is 567. The molecule has 2 rings (SSSR count). The number of amides is 1. The molecule has 1 aliphatic heterocycles. The summed E-state index contributed by atoms with van der Waals surface area (Å²) in [5.74, 6) is -1.69. The molecule has 0 aliphatic carbocycles. The van der Waals surface area contributed by atoms with Gasteiger partial charge in [0.15, 0.2) is 10.8 Å². The summed E-state index contributed by atoms with van der Waals surface area (Å²) in [6.45, 7) is 1.84. The molecule has 6 nitrogen and oxygen atoms in total. The number of nitrogens with zero attached hydrogens (tertiary/aromatic N) is 1. The van der Waals surface area contributed by atoms with E-state index in [0.29, 0.717) is 30.8 Å². The highest BCUT2D eigenvalue weighted by Gasteiger charge is 2.40. The van der Waals surface area contributed by atoms with Crippen molar-refractivity contribution in [3.05, 3.63) is 10.6 Å². The van der Waals surface area contributed by atoms with Gasteiger partial charge in [0.2, 0.25) is 0 Å². The van der Waals surface area contributed by atoms with Crippen molar-refractivity contribution in [1.82, 2.24) is 4.98 Å². The van der Waals surface area contributed by atoms with Crippen molar-refractivity contribution in [3.8, 4) is 0 Å². The maximum absolute atomic E-state index is 12.9. The minimum Gasteiger partial charge on any atom is -0.462 e. The third-order valence-electron chi connectivity index (χ3n) is 2.81. The maximum Gasteiger partial charge on any atom is 0.435 e. The van der Waals surface area contributed by atoms with Crippen LogP contribution in [0.1, 0.15) is 35.1 Å². The van der Waals surface area contributed by atoms with Crippen LogP contribution in [0.2, 0.25) is 0 Å². The van der Waals surface area contributed by atoms with E-state index in [1.165, 1.54) is 6.92 Å². The lowest BCUT2D eigenvalue weighted by Crippen LogP contribution is -2.26. The van der Waals surface area contributed by atoms with Crippen molar-refractivity contribution in [3.63, 3.8) is 0 Å². The van der Waals surface area contributed by atoms with Gasteiger partial charge in [-0.15, -0.1) is 0 Å². The lowest BCUT2D eigenvalue weighted by molar-refractivity contribution is -0.141. The monoisotopic (exact) mass is 338 g/mol. The lowest BCUT2D eigenvalue weighted by atomic mass is 10.2. The number of halogens is 3. The van der Waals surface area contributed by atoms with Crippen LogP contribution in [0.25, 0.3) is 0 Å². The Morgan fingerprint density at radius 3 is 2.77 bits per heavy atom. The molecule has 1 atom stereocenters. The molecule has 0 spiro atoms. The number of carbonyl (C=O) groups is 2. The SMILES string of the molecule is CCOC(=O)c1sc(NC(=O)C2CCCO2)nc1C(F)(F)F. The van der Waals surface area contributed by atoms with Crippen LogP contribution >= 0.6 is 11.3 Å². The van der Waals surface area contributed by atoms with Gasteiger partial charge < -0.3 is 9.47 Å². The second-order valence-electron chi connectivity index (χ2n) is 4.41. The number of carbonyl (C=O) groups excluding carboxylic acids is 2. The normalized spacial score (nSPS) is 18.3. The summed E-state index contributed by atoms with van der Waals surface area (Å²) in [4.78, 5) is 26.0. The van der Waals surface area contributed by atoms with E-state index in [0.717, 1.165) is 0 Å². The van der Waals surface area contributed by atoms with E-state index in [4.69, 9.17) is 4.74 Å². The van der Waals surface area contributed by atoms with E-state index in [9.17, 15) is 22.8 Å². The maximum atomic E-state index is 12.9. The summed E-state index contributed by atoms with van der Waals surface area (Å²) in [5, 5.41) is 1.94. The number of aromatic nitrogens is 1. The number of hydrogen-bond donors (Lipinski definition) is 1. The molecule has 1 fully saturated rings. The number of esters is 1. The molecule has 22 heavy (non-hydrogen) atoms. The fraction of sp³-hybridized carbons (Fsp3) is 0.583. The minimum atomic E-state index is -4.81. The van der Waals surface area contributed by atoms with Gasteiger partial charge in [-0.05, 0) is 19.8 Å². The quantitative estimate of drug-likeness (QED) is 0.854. The summed E-state index contributed by atoms with van der Waals surface area (Å²) >= 11 is 0.428. The Morgan fingerprint density at radius 1 is 1.50 bits per heavy atom. The number of hydrogen-bond acceptors (Lipinski definition) is 6. The van der Waals surface area contributed by atoms with Crippen LogP contribution in [0.4, 0.5) is 18.3 Å². The highest BCUT2D eigenvalue weighted by Crippen LogP contribution is 2.36. The zero-order chi connectivity index (χ0) is 16.3. The Kier molecular flexibility index (Phi) is 5.01. The summed E-state index contributed by atoms with van der Waals surface area (Å²) in [6, 6.07) is 0. The second kappa shape index (κ2) is 6.61. The molecule has 1 aromatic heterocycles. The molecule has 1 aliphatic rings. The molecule has 122 valence electrons. The third-order valence-corrected chi connectivity index (χ3v) is 3.76. The molecule has 2 heterocycles. The standard InChI is InChI=1S/C12H13F3N2O4S/c1-2-20-10(19)7-8(12(13,14)15)16-11(22-7)17-9(18)6-4-3-5-21-6/h6H,2-5H2,1H3,(H,16,17,18). The van der Waals surface area contributed by atoms with Gasteiger partial charge in [-0.1, -0.05) is 11.3 Å². The first-order valence-electron chi connectivity index (χ1n) is 6.50. The molecule has 0 saturated carbocycles. The van der Waals surface area contributed by atoms with Gasteiger partial charge in [0, 0.05) is 6.61 Å². The van der Waals surface area contributed by atoms with Crippen molar-refractivity contribution in [2.75, 3.05) is 18.5 Å². The fourth-order valence-electron chi connectivity index (χ4n) is 1.87. The van der Waals surface area contributed by atoms with Gasteiger partial charge in [-0.3, -0.25) is 10.1 Å². The number of ether oxygens (including phenoxy) is 2. The average molecular weight is 338 g/mol. The van der Waals surface area contributed by atoms with Crippen LogP contribution in [0.15, 0.2) is 0 Å². The van der Waals surface area contributed by atoms with Gasteiger partial charge >= 0.3 is 12.1 Å². The Balaban J connectivity index is 2.21. The van der Waals surface area contributed by atoms with Gasteiger partial charge in [0.25, 0.3) is 5.91 Å². The summed E-state index contributed by atoms with van der Waals surface area (Å²) in [7, 11) is 0. The zero-order valence-electron chi connectivity index (χ0n) is 11.5. The van der Waals surface area contributed by atoms with E-state index in [-0.39, 0.29) is 11.7 Å². The highest BCUT2D eigenvalue weighted by molar-refractivity contribution is 7.17. The van der Waals surface area contributed by atoms with Crippen molar-refractivity contribution < 1.29 is 32.2 Å². The van der Waals surface area contributed by atoms with Gasteiger partial charge in [-0.2, -0.15) is 13.2 Å². The van der Waals surface area contributed by atoms with Crippen LogP contribution in [-0.2, 0) is 20.4 Å². The number of alkyl halides is 3. The van der Waals surface area contributed by atoms with Gasteiger partial charge in [-0.25, -0.2) is 9.78 Å². The predicted octanol–water partition coefficient (Wildman–Crippen LogP) is 2.46. The van der Waals surface area contributed by atoms with Crippen LogP contribution in [0.3, 0.4) is 0 Å². The van der Waals surface area contributed by atoms with E-state index in [1.54, 1.807) is 0 Å². The molecule has 1 aromatic rings. The highest BCUT2D eigenvalue weighted by atomic mass is 32.1. The number of nitrogens with one attached hydrogen (secondary N) is 1. The minimum absolute atomic E-state index is 0.0639. The molecule has 1 amide bonds. The topological polar surface area (TPSA) is 77.5 Å². The number of anilines is 1. The molecule has 1 N–H and O–H groups in total. The van der Waals surface area contributed by atoms with Crippen LogP contribution in [0.5, 0.6) is 0 Å². The average Bonchev–Trinajstić information content (AvgIpc) is 3.07. The summed E-state index contributed by atoms with van der Waals surface area (Å²) in [6.07, 6.45) is -4.32. The smallest absolute Gasteiger partial charge is 0.435 e. The number of rotatable bonds is 4. The van der Waals surface area contributed by atoms with Crippen molar-refractivity contribution >= 4 is 28.3 Å². The first-order chi connectivity index (χ1) is 10.3. The van der Waals surface area contributed by atoms with E-state index < -0.39 is 34.7 Å². The molecule has 0 radical (unpaired) electrons. The molecular formula is C12H13F3N2O4S. The van der Waals surface area contributed by atoms with Crippen molar-refractivity contribution in [2.45, 2.75) is 32.0 Å². The fourth-order valence-corrected chi connectivity index (χ4v) is 2.75. The van der Waals surface area contributed by atoms with Crippen LogP contribution in [0, 0.1) is 0 Å². The first-order valence-corrected chi connectivity index (χ1v) is 7.32. The van der Waals surface area contributed by atoms with Crippen molar-refractivity contribution in [1.29, 1.82) is 0 Å². The van der Waals surface area contributed by atoms with Gasteiger partial charge in [0.1, 0.15) is 11.0 Å². The largest absolute Gasteiger partial charge is 0.462 e. The molecule has 0 aromatic carbocycles. The molecular weight excluding hydrogens is 325 g/mol. The van der Waals surface area contributed by atoms with Crippen molar-refractivity contribution in [2.24, 2.45) is 0 Å². The Hall–Kier alpha value is -1.68.